The Kier molecular flexibility index (Phi) is 4.14. The molecular formula is C22H18Br2. The monoisotopic (exact) mass is 440 g/mol. The Hall–Kier alpha value is -1.38. The van der Waals surface area contributed by atoms with Crippen LogP contribution in [0.4, 0.5) is 0 Å². The molecule has 0 radical (unpaired) electrons. The Morgan fingerprint density at radius 2 is 0.958 bits per heavy atom. The highest BCUT2D eigenvalue weighted by molar-refractivity contribution is 9.12. The molecule has 0 N–H and O–H groups in total. The van der Waals surface area contributed by atoms with Crippen LogP contribution in [-0.2, 0) is 0 Å². The second kappa shape index (κ2) is 6.16. The van der Waals surface area contributed by atoms with Gasteiger partial charge in [0.15, 0.2) is 0 Å². The second-order valence-corrected chi connectivity index (χ2v) is 8.40. The van der Waals surface area contributed by atoms with E-state index in [1.807, 2.05) is 0 Å². The Balaban J connectivity index is 2.21. The zero-order valence-electron chi connectivity index (χ0n) is 13.7. The number of benzene rings is 3. The van der Waals surface area contributed by atoms with E-state index in [-0.39, 0.29) is 9.65 Å². The molecule has 0 spiro atoms. The van der Waals surface area contributed by atoms with Crippen molar-refractivity contribution in [2.24, 2.45) is 0 Å². The predicted octanol–water partition coefficient (Wildman–Crippen LogP) is 7.52. The molecule has 2 atom stereocenters. The van der Waals surface area contributed by atoms with Crippen molar-refractivity contribution in [2.75, 3.05) is 0 Å². The Morgan fingerprint density at radius 1 is 0.583 bits per heavy atom. The molecule has 0 aromatic heterocycles. The first-order valence-electron chi connectivity index (χ1n) is 8.16. The first-order valence-corrected chi connectivity index (χ1v) is 9.99. The van der Waals surface area contributed by atoms with Crippen molar-refractivity contribution in [1.29, 1.82) is 0 Å². The van der Waals surface area contributed by atoms with Crippen LogP contribution in [0.5, 0.6) is 0 Å². The highest BCUT2D eigenvalue weighted by Crippen LogP contribution is 2.52. The Labute approximate surface area is 160 Å². The van der Waals surface area contributed by atoms with E-state index in [9.17, 15) is 0 Å². The summed E-state index contributed by atoms with van der Waals surface area (Å²) >= 11 is 7.91. The number of halogens is 2. The minimum absolute atomic E-state index is 0.225. The van der Waals surface area contributed by atoms with Gasteiger partial charge >= 0.3 is 0 Å². The molecule has 2 unspecified atom stereocenters. The average Bonchev–Trinajstić information content (AvgIpc) is 2.61. The Morgan fingerprint density at radius 3 is 1.38 bits per heavy atom. The van der Waals surface area contributed by atoms with Gasteiger partial charge in [-0.25, -0.2) is 0 Å². The van der Waals surface area contributed by atoms with E-state index in [0.717, 1.165) is 0 Å². The normalized spacial score (nSPS) is 18.8. The van der Waals surface area contributed by atoms with Gasteiger partial charge in [0.1, 0.15) is 0 Å². The molecule has 0 amide bonds. The summed E-state index contributed by atoms with van der Waals surface area (Å²) in [4.78, 5) is 0.450. The predicted molar refractivity (Wildman–Crippen MR) is 110 cm³/mol. The molecule has 2 heteroatoms. The summed E-state index contributed by atoms with van der Waals surface area (Å²) in [6.45, 7) is 4.43. The molecule has 0 fully saturated rings. The molecule has 0 nitrogen and oxygen atoms in total. The van der Waals surface area contributed by atoms with Crippen molar-refractivity contribution in [3.63, 3.8) is 0 Å². The second-order valence-electron chi connectivity index (χ2n) is 6.43. The third kappa shape index (κ3) is 2.39. The van der Waals surface area contributed by atoms with E-state index < -0.39 is 0 Å². The number of rotatable bonds is 0. The van der Waals surface area contributed by atoms with Crippen LogP contribution in [0.15, 0.2) is 60.7 Å². The fourth-order valence-corrected chi connectivity index (χ4v) is 5.12. The highest BCUT2D eigenvalue weighted by atomic mass is 79.9. The van der Waals surface area contributed by atoms with Gasteiger partial charge in [0.2, 0.25) is 0 Å². The van der Waals surface area contributed by atoms with Crippen molar-refractivity contribution in [3.05, 3.63) is 82.9 Å². The van der Waals surface area contributed by atoms with Gasteiger partial charge in [-0.2, -0.15) is 0 Å². The van der Waals surface area contributed by atoms with Gasteiger partial charge in [0.25, 0.3) is 0 Å². The first-order chi connectivity index (χ1) is 11.6. The number of aryl methyl sites for hydroxylation is 2. The molecule has 24 heavy (non-hydrogen) atoms. The molecule has 4 rings (SSSR count). The van der Waals surface area contributed by atoms with Gasteiger partial charge < -0.3 is 0 Å². The SMILES string of the molecule is Cc1ccc(C)c2c1-c1ccccc1C(Br)C(Br)c1ccccc1-2. The van der Waals surface area contributed by atoms with Crippen molar-refractivity contribution in [1.82, 2.24) is 0 Å². The molecule has 120 valence electrons. The largest absolute Gasteiger partial charge is 0.0823 e. The molecule has 1 aliphatic rings. The third-order valence-electron chi connectivity index (χ3n) is 4.93. The molecule has 1 aliphatic carbocycles. The quantitative estimate of drug-likeness (QED) is 0.316. The lowest BCUT2D eigenvalue weighted by atomic mass is 9.80. The van der Waals surface area contributed by atoms with E-state index in [2.05, 4.69) is 106 Å². The minimum Gasteiger partial charge on any atom is -0.0823 e. The van der Waals surface area contributed by atoms with Gasteiger partial charge in [0, 0.05) is 0 Å². The maximum atomic E-state index is 3.96. The number of hydrogen-bond acceptors (Lipinski definition) is 0. The number of fused-ring (bicyclic) bond motifs is 5. The van der Waals surface area contributed by atoms with Gasteiger partial charge in [-0.05, 0) is 58.4 Å². The third-order valence-corrected chi connectivity index (χ3v) is 7.69. The summed E-state index contributed by atoms with van der Waals surface area (Å²) in [6.07, 6.45) is 0. The molecular weight excluding hydrogens is 424 g/mol. The van der Waals surface area contributed by atoms with E-state index in [1.54, 1.807) is 0 Å². The maximum Gasteiger partial charge on any atom is 0.0567 e. The van der Waals surface area contributed by atoms with E-state index in [1.165, 1.54) is 44.5 Å². The zero-order chi connectivity index (χ0) is 16.8. The molecule has 0 aliphatic heterocycles. The minimum atomic E-state index is 0.225. The van der Waals surface area contributed by atoms with E-state index >= 15 is 0 Å². The van der Waals surface area contributed by atoms with Gasteiger partial charge in [-0.15, -0.1) is 0 Å². The highest BCUT2D eigenvalue weighted by Gasteiger charge is 2.29. The fraction of sp³-hybridized carbons (Fsp3) is 0.182. The molecule has 0 bridgehead atoms. The standard InChI is InChI=1S/C22H18Br2/c1-13-11-12-14(2)20-16-8-4-6-10-18(16)22(24)21(23)17-9-5-3-7-15(17)19(13)20/h3-12,21-22H,1-2H3. The van der Waals surface area contributed by atoms with Crippen LogP contribution in [-0.4, -0.2) is 0 Å². The number of alkyl halides is 2. The van der Waals surface area contributed by atoms with Crippen LogP contribution in [0.3, 0.4) is 0 Å². The summed E-state index contributed by atoms with van der Waals surface area (Å²) in [7, 11) is 0. The average molecular weight is 442 g/mol. The lowest BCUT2D eigenvalue weighted by Gasteiger charge is -2.29. The smallest absolute Gasteiger partial charge is 0.0567 e. The molecule has 3 aromatic carbocycles. The van der Waals surface area contributed by atoms with Crippen LogP contribution < -0.4 is 0 Å². The maximum absolute atomic E-state index is 3.96. The molecule has 0 saturated heterocycles. The molecule has 3 aromatic rings. The van der Waals surface area contributed by atoms with Crippen LogP contribution in [0.25, 0.3) is 22.3 Å². The van der Waals surface area contributed by atoms with Crippen molar-refractivity contribution in [3.8, 4) is 22.3 Å². The van der Waals surface area contributed by atoms with Crippen molar-refractivity contribution >= 4 is 31.9 Å². The summed E-state index contributed by atoms with van der Waals surface area (Å²) < 4.78 is 0. The topological polar surface area (TPSA) is 0 Å². The summed E-state index contributed by atoms with van der Waals surface area (Å²) in [5.74, 6) is 0. The van der Waals surface area contributed by atoms with E-state index in [0.29, 0.717) is 0 Å². The van der Waals surface area contributed by atoms with Crippen molar-refractivity contribution in [2.45, 2.75) is 23.5 Å². The first kappa shape index (κ1) is 16.1. The van der Waals surface area contributed by atoms with Crippen molar-refractivity contribution < 1.29 is 0 Å². The van der Waals surface area contributed by atoms with Gasteiger partial charge in [0.05, 0.1) is 9.65 Å². The lowest BCUT2D eigenvalue weighted by Crippen LogP contribution is -2.08. The van der Waals surface area contributed by atoms with Crippen LogP contribution in [0.1, 0.15) is 31.9 Å². The molecule has 0 saturated carbocycles. The van der Waals surface area contributed by atoms with Crippen LogP contribution in [0, 0.1) is 13.8 Å². The molecule has 0 heterocycles. The zero-order valence-corrected chi connectivity index (χ0v) is 16.9. The Bertz CT molecular complexity index is 851. The lowest BCUT2D eigenvalue weighted by molar-refractivity contribution is 0.937. The van der Waals surface area contributed by atoms with Crippen LogP contribution >= 0.6 is 31.9 Å². The summed E-state index contributed by atoms with van der Waals surface area (Å²) in [6, 6.07) is 22.0. The number of hydrogen-bond donors (Lipinski definition) is 0. The van der Waals surface area contributed by atoms with Gasteiger partial charge in [-0.3, -0.25) is 0 Å². The van der Waals surface area contributed by atoms with Crippen LogP contribution in [0.2, 0.25) is 0 Å². The van der Waals surface area contributed by atoms with E-state index in [4.69, 9.17) is 0 Å². The fourth-order valence-electron chi connectivity index (χ4n) is 3.75. The summed E-state index contributed by atoms with van der Waals surface area (Å²) in [5.41, 5.74) is 10.7. The summed E-state index contributed by atoms with van der Waals surface area (Å²) in [5, 5.41) is 0. The van der Waals surface area contributed by atoms with Gasteiger partial charge in [-0.1, -0.05) is 92.5 Å².